The zero-order chi connectivity index (χ0) is 17.4. The van der Waals surface area contributed by atoms with Crippen LogP contribution in [0.5, 0.6) is 5.75 Å². The SMILES string of the molecule is COc1ccc2c(c1)c(C#N)c(-c1ccc(C)cc1)n2C1CCCC1. The molecule has 126 valence electrons. The van der Waals surface area contributed by atoms with Crippen LogP contribution in [-0.2, 0) is 0 Å². The predicted molar refractivity (Wildman–Crippen MR) is 101 cm³/mol. The van der Waals surface area contributed by atoms with Gasteiger partial charge in [0.05, 0.1) is 23.9 Å². The molecule has 0 bridgehead atoms. The van der Waals surface area contributed by atoms with Gasteiger partial charge in [-0.05, 0) is 43.5 Å². The first kappa shape index (κ1) is 15.8. The van der Waals surface area contributed by atoms with Gasteiger partial charge in [-0.15, -0.1) is 0 Å². The number of aryl methyl sites for hydroxylation is 1. The number of methoxy groups -OCH3 is 1. The van der Waals surface area contributed by atoms with Crippen molar-refractivity contribution in [3.05, 3.63) is 53.6 Å². The molecule has 1 fully saturated rings. The first-order valence-electron chi connectivity index (χ1n) is 8.92. The number of rotatable bonds is 3. The molecule has 0 atom stereocenters. The molecule has 2 aromatic carbocycles. The zero-order valence-corrected chi connectivity index (χ0v) is 14.7. The molecule has 3 aromatic rings. The molecular weight excluding hydrogens is 308 g/mol. The lowest BCUT2D eigenvalue weighted by molar-refractivity contribution is 0.415. The van der Waals surface area contributed by atoms with E-state index >= 15 is 0 Å². The van der Waals surface area contributed by atoms with Gasteiger partial charge in [0.1, 0.15) is 11.8 Å². The number of aromatic nitrogens is 1. The van der Waals surface area contributed by atoms with E-state index in [4.69, 9.17) is 4.74 Å². The third-order valence-corrected chi connectivity index (χ3v) is 5.34. The predicted octanol–water partition coefficient (Wildman–Crippen LogP) is 5.61. The molecule has 1 saturated carbocycles. The smallest absolute Gasteiger partial charge is 0.119 e. The molecule has 1 aliphatic carbocycles. The maximum atomic E-state index is 9.95. The second-order valence-electron chi connectivity index (χ2n) is 6.89. The Labute approximate surface area is 148 Å². The fourth-order valence-corrected chi connectivity index (χ4v) is 4.07. The van der Waals surface area contributed by atoms with E-state index in [0.29, 0.717) is 6.04 Å². The Bertz CT molecular complexity index is 954. The third-order valence-electron chi connectivity index (χ3n) is 5.34. The minimum atomic E-state index is 0.467. The summed E-state index contributed by atoms with van der Waals surface area (Å²) in [7, 11) is 1.67. The highest BCUT2D eigenvalue weighted by Gasteiger charge is 2.26. The number of hydrogen-bond acceptors (Lipinski definition) is 2. The van der Waals surface area contributed by atoms with E-state index in [1.54, 1.807) is 7.11 Å². The maximum absolute atomic E-state index is 9.95. The lowest BCUT2D eigenvalue weighted by Crippen LogP contribution is -2.06. The van der Waals surface area contributed by atoms with Gasteiger partial charge < -0.3 is 9.30 Å². The summed E-state index contributed by atoms with van der Waals surface area (Å²) in [4.78, 5) is 0. The summed E-state index contributed by atoms with van der Waals surface area (Å²) in [5.41, 5.74) is 5.29. The summed E-state index contributed by atoms with van der Waals surface area (Å²) in [6, 6.07) is 17.5. The molecule has 4 rings (SSSR count). The molecule has 0 aliphatic heterocycles. The minimum absolute atomic E-state index is 0.467. The highest BCUT2D eigenvalue weighted by molar-refractivity contribution is 5.95. The summed E-state index contributed by atoms with van der Waals surface area (Å²) in [5, 5.41) is 10.9. The standard InChI is InChI=1S/C22H22N2O/c1-15-7-9-16(10-8-15)22-20(14-23)19-13-18(25-2)11-12-21(19)24(22)17-5-3-4-6-17/h7-13,17H,3-6H2,1-2H3. The van der Waals surface area contributed by atoms with Gasteiger partial charge in [-0.1, -0.05) is 42.7 Å². The molecule has 1 heterocycles. The minimum Gasteiger partial charge on any atom is -0.497 e. The van der Waals surface area contributed by atoms with Crippen LogP contribution >= 0.6 is 0 Å². The Morgan fingerprint density at radius 1 is 1.08 bits per heavy atom. The molecule has 3 heteroatoms. The number of ether oxygens (including phenoxy) is 1. The molecule has 0 radical (unpaired) electrons. The van der Waals surface area contributed by atoms with Crippen molar-refractivity contribution < 1.29 is 4.74 Å². The van der Waals surface area contributed by atoms with E-state index in [1.807, 2.05) is 12.1 Å². The molecule has 1 aromatic heterocycles. The summed E-state index contributed by atoms with van der Waals surface area (Å²) in [5.74, 6) is 0.794. The zero-order valence-electron chi connectivity index (χ0n) is 14.7. The van der Waals surface area contributed by atoms with Crippen LogP contribution in [0.1, 0.15) is 42.9 Å². The average molecular weight is 330 g/mol. The molecule has 0 unspecified atom stereocenters. The molecular formula is C22H22N2O. The highest BCUT2D eigenvalue weighted by atomic mass is 16.5. The van der Waals surface area contributed by atoms with E-state index in [2.05, 4.69) is 47.9 Å². The van der Waals surface area contributed by atoms with Crippen LogP contribution in [-0.4, -0.2) is 11.7 Å². The van der Waals surface area contributed by atoms with Crippen molar-refractivity contribution in [2.24, 2.45) is 0 Å². The van der Waals surface area contributed by atoms with Gasteiger partial charge in [-0.25, -0.2) is 0 Å². The largest absolute Gasteiger partial charge is 0.497 e. The summed E-state index contributed by atoms with van der Waals surface area (Å²) in [6.45, 7) is 2.09. The van der Waals surface area contributed by atoms with E-state index in [9.17, 15) is 5.26 Å². The van der Waals surface area contributed by atoms with Crippen LogP contribution in [0.15, 0.2) is 42.5 Å². The Morgan fingerprint density at radius 3 is 2.44 bits per heavy atom. The van der Waals surface area contributed by atoms with Gasteiger partial charge in [-0.2, -0.15) is 5.26 Å². The van der Waals surface area contributed by atoms with Crippen molar-refractivity contribution in [3.63, 3.8) is 0 Å². The van der Waals surface area contributed by atoms with E-state index in [0.717, 1.165) is 33.5 Å². The average Bonchev–Trinajstić information content (AvgIpc) is 3.27. The fraction of sp³-hybridized carbons (Fsp3) is 0.318. The van der Waals surface area contributed by atoms with Gasteiger partial charge in [0, 0.05) is 11.4 Å². The van der Waals surface area contributed by atoms with Crippen LogP contribution in [0.4, 0.5) is 0 Å². The molecule has 1 aliphatic rings. The lowest BCUT2D eigenvalue weighted by atomic mass is 10.0. The second-order valence-corrected chi connectivity index (χ2v) is 6.89. The third kappa shape index (κ3) is 2.59. The van der Waals surface area contributed by atoms with Gasteiger partial charge in [-0.3, -0.25) is 0 Å². The molecule has 0 N–H and O–H groups in total. The number of hydrogen-bond donors (Lipinski definition) is 0. The van der Waals surface area contributed by atoms with Crippen molar-refractivity contribution in [2.75, 3.05) is 7.11 Å². The number of nitriles is 1. The molecule has 0 saturated heterocycles. The van der Waals surface area contributed by atoms with Crippen molar-refractivity contribution in [3.8, 4) is 23.1 Å². The Morgan fingerprint density at radius 2 is 1.80 bits per heavy atom. The first-order valence-corrected chi connectivity index (χ1v) is 8.92. The monoisotopic (exact) mass is 330 g/mol. The number of benzene rings is 2. The highest BCUT2D eigenvalue weighted by Crippen LogP contribution is 2.42. The first-order chi connectivity index (χ1) is 12.2. The Hall–Kier alpha value is -2.73. The quantitative estimate of drug-likeness (QED) is 0.626. The molecule has 0 amide bonds. The van der Waals surface area contributed by atoms with Crippen LogP contribution in [0.3, 0.4) is 0 Å². The molecule has 3 nitrogen and oxygen atoms in total. The van der Waals surface area contributed by atoms with E-state index in [1.165, 1.54) is 31.2 Å². The van der Waals surface area contributed by atoms with Gasteiger partial charge in [0.25, 0.3) is 0 Å². The maximum Gasteiger partial charge on any atom is 0.119 e. The second kappa shape index (κ2) is 6.29. The van der Waals surface area contributed by atoms with Gasteiger partial charge in [0.2, 0.25) is 0 Å². The van der Waals surface area contributed by atoms with E-state index in [-0.39, 0.29) is 0 Å². The van der Waals surface area contributed by atoms with Crippen LogP contribution in [0.2, 0.25) is 0 Å². The molecule has 25 heavy (non-hydrogen) atoms. The van der Waals surface area contributed by atoms with Crippen molar-refractivity contribution in [1.82, 2.24) is 4.57 Å². The Balaban J connectivity index is 2.05. The van der Waals surface area contributed by atoms with Crippen LogP contribution in [0, 0.1) is 18.3 Å². The van der Waals surface area contributed by atoms with Crippen LogP contribution < -0.4 is 4.74 Å². The summed E-state index contributed by atoms with van der Waals surface area (Å²) >= 11 is 0. The topological polar surface area (TPSA) is 37.9 Å². The van der Waals surface area contributed by atoms with Crippen LogP contribution in [0.25, 0.3) is 22.2 Å². The molecule has 0 spiro atoms. The summed E-state index contributed by atoms with van der Waals surface area (Å²) < 4.78 is 7.81. The Kier molecular flexibility index (Phi) is 3.97. The fourth-order valence-electron chi connectivity index (χ4n) is 4.07. The van der Waals surface area contributed by atoms with Crippen molar-refractivity contribution >= 4 is 10.9 Å². The van der Waals surface area contributed by atoms with Crippen molar-refractivity contribution in [1.29, 1.82) is 5.26 Å². The van der Waals surface area contributed by atoms with Crippen molar-refractivity contribution in [2.45, 2.75) is 38.6 Å². The summed E-state index contributed by atoms with van der Waals surface area (Å²) in [6.07, 6.45) is 4.88. The van der Waals surface area contributed by atoms with Gasteiger partial charge >= 0.3 is 0 Å². The van der Waals surface area contributed by atoms with E-state index < -0.39 is 0 Å². The van der Waals surface area contributed by atoms with Gasteiger partial charge in [0.15, 0.2) is 0 Å². The lowest BCUT2D eigenvalue weighted by Gasteiger charge is -2.18. The number of nitrogens with zero attached hydrogens (tertiary/aromatic N) is 2. The normalized spacial score (nSPS) is 14.8. The number of fused-ring (bicyclic) bond motifs is 1.